The normalized spacial score (nSPS) is 10.7. The molecule has 6 heteroatoms. The van der Waals surface area contributed by atoms with Crippen LogP contribution >= 0.6 is 27.3 Å². The van der Waals surface area contributed by atoms with Crippen molar-refractivity contribution in [2.45, 2.75) is 27.7 Å². The van der Waals surface area contributed by atoms with Gasteiger partial charge in [-0.25, -0.2) is 4.98 Å². The van der Waals surface area contributed by atoms with Crippen molar-refractivity contribution >= 4 is 38.3 Å². The molecule has 0 aliphatic heterocycles. The minimum absolute atomic E-state index is 0.0537. The van der Waals surface area contributed by atoms with Crippen molar-refractivity contribution in [3.8, 4) is 17.0 Å². The summed E-state index contributed by atoms with van der Waals surface area (Å²) in [5.74, 6) is 0.515. The van der Waals surface area contributed by atoms with Gasteiger partial charge in [0.1, 0.15) is 5.75 Å². The number of anilines is 1. The number of hydrogen-bond acceptors (Lipinski definition) is 4. The lowest BCUT2D eigenvalue weighted by Gasteiger charge is -2.12. The van der Waals surface area contributed by atoms with Gasteiger partial charge < -0.3 is 4.74 Å². The lowest BCUT2D eigenvalue weighted by atomic mass is 10.1. The number of halogens is 1. The highest BCUT2D eigenvalue weighted by Gasteiger charge is 2.11. The minimum Gasteiger partial charge on any atom is -0.483 e. The largest absolute Gasteiger partial charge is 0.483 e. The van der Waals surface area contributed by atoms with Crippen molar-refractivity contribution in [2.75, 3.05) is 11.9 Å². The molecule has 3 rings (SSSR count). The van der Waals surface area contributed by atoms with E-state index in [1.807, 2.05) is 37.4 Å². The van der Waals surface area contributed by atoms with Crippen molar-refractivity contribution in [2.24, 2.45) is 0 Å². The molecule has 0 atom stereocenters. The van der Waals surface area contributed by atoms with E-state index >= 15 is 0 Å². The second-order valence-corrected chi connectivity index (χ2v) is 8.32. The summed E-state index contributed by atoms with van der Waals surface area (Å²) in [7, 11) is 0. The SMILES string of the molecule is Cc1ccc(-c2csc(NC(=O)COc3c(C)cc(Br)cc3C)n2)cc1C. The lowest BCUT2D eigenvalue weighted by Crippen LogP contribution is -2.20. The Hall–Kier alpha value is -2.18. The third-order valence-corrected chi connectivity index (χ3v) is 5.54. The van der Waals surface area contributed by atoms with Crippen LogP contribution in [-0.2, 0) is 4.79 Å². The molecule has 0 unspecified atom stereocenters. The molecular weight excluding hydrogens is 424 g/mol. The summed E-state index contributed by atoms with van der Waals surface area (Å²) in [5.41, 5.74) is 6.35. The first kappa shape index (κ1) is 19.6. The number of thiazole rings is 1. The molecule has 0 fully saturated rings. The smallest absolute Gasteiger partial charge is 0.264 e. The number of ether oxygens (including phenoxy) is 1. The van der Waals surface area contributed by atoms with Crippen LogP contribution in [0.5, 0.6) is 5.75 Å². The molecule has 2 aromatic carbocycles. The Morgan fingerprint density at radius 1 is 1.07 bits per heavy atom. The fraction of sp³-hybridized carbons (Fsp3) is 0.238. The molecule has 1 aromatic heterocycles. The van der Waals surface area contributed by atoms with Gasteiger partial charge in [0.15, 0.2) is 11.7 Å². The van der Waals surface area contributed by atoms with Crippen molar-refractivity contribution in [1.29, 1.82) is 0 Å². The fourth-order valence-corrected chi connectivity index (χ4v) is 4.21. The van der Waals surface area contributed by atoms with Crippen LogP contribution in [0.4, 0.5) is 5.13 Å². The molecule has 0 aliphatic carbocycles. The maximum absolute atomic E-state index is 12.2. The molecule has 0 bridgehead atoms. The van der Waals surface area contributed by atoms with Gasteiger partial charge in [-0.05, 0) is 68.1 Å². The summed E-state index contributed by atoms with van der Waals surface area (Å²) in [4.78, 5) is 16.8. The van der Waals surface area contributed by atoms with Crippen LogP contribution in [0.3, 0.4) is 0 Å². The molecule has 27 heavy (non-hydrogen) atoms. The van der Waals surface area contributed by atoms with Crippen LogP contribution in [-0.4, -0.2) is 17.5 Å². The number of benzene rings is 2. The quantitative estimate of drug-likeness (QED) is 0.538. The molecule has 3 aromatic rings. The second kappa shape index (κ2) is 8.23. The van der Waals surface area contributed by atoms with Gasteiger partial charge in [-0.3, -0.25) is 10.1 Å². The predicted molar refractivity (Wildman–Crippen MR) is 115 cm³/mol. The van der Waals surface area contributed by atoms with E-state index in [9.17, 15) is 4.79 Å². The van der Waals surface area contributed by atoms with E-state index < -0.39 is 0 Å². The number of carbonyl (C=O) groups excluding carboxylic acids is 1. The Bertz CT molecular complexity index is 975. The van der Waals surface area contributed by atoms with Gasteiger partial charge >= 0.3 is 0 Å². The highest BCUT2D eigenvalue weighted by Crippen LogP contribution is 2.28. The molecule has 140 valence electrons. The zero-order valence-electron chi connectivity index (χ0n) is 15.7. The van der Waals surface area contributed by atoms with Gasteiger partial charge in [0.25, 0.3) is 5.91 Å². The molecule has 4 nitrogen and oxygen atoms in total. The van der Waals surface area contributed by atoms with Gasteiger partial charge in [-0.2, -0.15) is 0 Å². The summed E-state index contributed by atoms with van der Waals surface area (Å²) in [6.07, 6.45) is 0. The summed E-state index contributed by atoms with van der Waals surface area (Å²) in [6, 6.07) is 10.2. The fourth-order valence-electron chi connectivity index (χ4n) is 2.78. The third-order valence-electron chi connectivity index (χ3n) is 4.33. The molecule has 0 aliphatic rings. The zero-order valence-corrected chi connectivity index (χ0v) is 18.1. The standard InChI is InChI=1S/C21H21BrN2O2S/c1-12-5-6-16(7-13(12)2)18-11-27-21(23-18)24-19(25)10-26-20-14(3)8-17(22)9-15(20)4/h5-9,11H,10H2,1-4H3,(H,23,24,25). The topological polar surface area (TPSA) is 51.2 Å². The Morgan fingerprint density at radius 2 is 1.78 bits per heavy atom. The summed E-state index contributed by atoms with van der Waals surface area (Å²) < 4.78 is 6.72. The maximum atomic E-state index is 12.2. The van der Waals surface area contributed by atoms with E-state index in [-0.39, 0.29) is 12.5 Å². The second-order valence-electron chi connectivity index (χ2n) is 6.54. The summed E-state index contributed by atoms with van der Waals surface area (Å²) in [5, 5.41) is 5.33. The van der Waals surface area contributed by atoms with E-state index in [1.165, 1.54) is 22.5 Å². The average Bonchev–Trinajstić information content (AvgIpc) is 3.04. The number of carbonyl (C=O) groups is 1. The summed E-state index contributed by atoms with van der Waals surface area (Å²) in [6.45, 7) is 8.03. The Balaban J connectivity index is 1.64. The molecule has 1 N–H and O–H groups in total. The minimum atomic E-state index is -0.224. The number of aromatic nitrogens is 1. The van der Waals surface area contributed by atoms with Crippen LogP contribution < -0.4 is 10.1 Å². The molecule has 0 spiro atoms. The Kier molecular flexibility index (Phi) is 5.97. The van der Waals surface area contributed by atoms with E-state index in [4.69, 9.17) is 4.74 Å². The number of nitrogens with zero attached hydrogens (tertiary/aromatic N) is 1. The van der Waals surface area contributed by atoms with Crippen LogP contribution in [0, 0.1) is 27.7 Å². The van der Waals surface area contributed by atoms with E-state index in [0.717, 1.165) is 32.6 Å². The molecule has 1 amide bonds. The molecule has 1 heterocycles. The van der Waals surface area contributed by atoms with Crippen LogP contribution in [0.25, 0.3) is 11.3 Å². The van der Waals surface area contributed by atoms with Crippen molar-refractivity contribution in [3.63, 3.8) is 0 Å². The van der Waals surface area contributed by atoms with E-state index in [2.05, 4.69) is 52.2 Å². The van der Waals surface area contributed by atoms with Crippen LogP contribution in [0.1, 0.15) is 22.3 Å². The molecule has 0 radical (unpaired) electrons. The maximum Gasteiger partial charge on any atom is 0.264 e. The van der Waals surface area contributed by atoms with Crippen LogP contribution in [0.15, 0.2) is 40.2 Å². The monoisotopic (exact) mass is 444 g/mol. The van der Waals surface area contributed by atoms with Crippen molar-refractivity contribution in [3.05, 3.63) is 62.4 Å². The van der Waals surface area contributed by atoms with Gasteiger partial charge in [0.05, 0.1) is 5.69 Å². The Morgan fingerprint density at radius 3 is 2.44 bits per heavy atom. The number of rotatable bonds is 5. The Labute approximate surface area is 171 Å². The van der Waals surface area contributed by atoms with Crippen molar-refractivity contribution in [1.82, 2.24) is 4.98 Å². The highest BCUT2D eigenvalue weighted by atomic mass is 79.9. The van der Waals surface area contributed by atoms with Gasteiger partial charge in [-0.15, -0.1) is 11.3 Å². The first-order chi connectivity index (χ1) is 12.8. The van der Waals surface area contributed by atoms with E-state index in [1.54, 1.807) is 0 Å². The number of aryl methyl sites for hydroxylation is 4. The first-order valence-electron chi connectivity index (χ1n) is 8.56. The lowest BCUT2D eigenvalue weighted by molar-refractivity contribution is -0.118. The number of nitrogens with one attached hydrogen (secondary N) is 1. The van der Waals surface area contributed by atoms with Crippen LogP contribution in [0.2, 0.25) is 0 Å². The molecule has 0 saturated heterocycles. The van der Waals surface area contributed by atoms with Crippen molar-refractivity contribution < 1.29 is 9.53 Å². The van der Waals surface area contributed by atoms with Gasteiger partial charge in [0.2, 0.25) is 0 Å². The van der Waals surface area contributed by atoms with E-state index in [0.29, 0.717) is 5.13 Å². The number of hydrogen-bond donors (Lipinski definition) is 1. The zero-order chi connectivity index (χ0) is 19.6. The van der Waals surface area contributed by atoms with Gasteiger partial charge in [-0.1, -0.05) is 28.1 Å². The summed E-state index contributed by atoms with van der Waals surface area (Å²) >= 11 is 4.87. The first-order valence-corrected chi connectivity index (χ1v) is 10.2. The number of amides is 1. The van der Waals surface area contributed by atoms with Gasteiger partial charge in [0, 0.05) is 15.4 Å². The average molecular weight is 445 g/mol. The predicted octanol–water partition coefficient (Wildman–Crippen LogP) is 5.82. The highest BCUT2D eigenvalue weighted by molar-refractivity contribution is 9.10. The molecule has 0 saturated carbocycles. The third kappa shape index (κ3) is 4.76. The molecular formula is C21H21BrN2O2S.